The second kappa shape index (κ2) is 5.38. The third-order valence-corrected chi connectivity index (χ3v) is 3.62. The normalized spacial score (nSPS) is 12.9. The van der Waals surface area contributed by atoms with Gasteiger partial charge >= 0.3 is 0 Å². The summed E-state index contributed by atoms with van der Waals surface area (Å²) < 4.78 is 39.5. The van der Waals surface area contributed by atoms with E-state index in [0.29, 0.717) is 0 Å². The van der Waals surface area contributed by atoms with E-state index in [1.807, 2.05) is 0 Å². The summed E-state index contributed by atoms with van der Waals surface area (Å²) in [7, 11) is 0. The van der Waals surface area contributed by atoms with Crippen LogP contribution in [0.1, 0.15) is 12.5 Å². The smallest absolute Gasteiger partial charge is 0.196 e. The van der Waals surface area contributed by atoms with E-state index in [0.717, 1.165) is 0 Å². The quantitative estimate of drug-likeness (QED) is 0.666. The Kier molecular flexibility index (Phi) is 4.64. The van der Waals surface area contributed by atoms with Crippen LogP contribution in [-0.2, 0) is 6.42 Å². The van der Waals surface area contributed by atoms with Crippen LogP contribution in [0.4, 0.5) is 13.2 Å². The molecule has 1 N–H and O–H groups in total. The minimum absolute atomic E-state index is 0.00846. The molecule has 6 heteroatoms. The Morgan fingerprint density at radius 2 is 1.81 bits per heavy atom. The third-order valence-electron chi connectivity index (χ3n) is 2.16. The van der Waals surface area contributed by atoms with Crippen molar-refractivity contribution in [3.63, 3.8) is 0 Å². The molecule has 16 heavy (non-hydrogen) atoms. The van der Waals surface area contributed by atoms with Crippen molar-refractivity contribution >= 4 is 27.5 Å². The molecule has 0 heterocycles. The third kappa shape index (κ3) is 2.52. The molecule has 1 aromatic rings. The van der Waals surface area contributed by atoms with Crippen LogP contribution in [0.15, 0.2) is 4.47 Å². The van der Waals surface area contributed by atoms with Crippen molar-refractivity contribution in [2.24, 2.45) is 5.92 Å². The topological polar surface area (TPSA) is 20.2 Å². The Labute approximate surface area is 104 Å². The summed E-state index contributed by atoms with van der Waals surface area (Å²) in [5.41, 5.74) is -0.0644. The molecule has 0 bridgehead atoms. The Morgan fingerprint density at radius 3 is 2.31 bits per heavy atom. The van der Waals surface area contributed by atoms with Crippen molar-refractivity contribution in [3.8, 4) is 0 Å². The highest BCUT2D eigenvalue weighted by molar-refractivity contribution is 9.10. The predicted octanol–water partition coefficient (Wildman–Crippen LogP) is 3.69. The van der Waals surface area contributed by atoms with Gasteiger partial charge in [-0.05, 0) is 28.3 Å². The SMILES string of the molecule is CC(CO)Cc1c(F)c(F)c(F)c(Cl)c1Br. The number of aliphatic hydroxyl groups excluding tert-OH is 1. The zero-order chi connectivity index (χ0) is 12.5. The lowest BCUT2D eigenvalue weighted by Crippen LogP contribution is -2.09. The highest BCUT2D eigenvalue weighted by Gasteiger charge is 2.23. The standard InChI is InChI=1S/C10H9BrClF3O/c1-4(3-16)2-5-6(11)7(12)9(14)10(15)8(5)13/h4,16H,2-3H2,1H3. The monoisotopic (exact) mass is 316 g/mol. The van der Waals surface area contributed by atoms with Gasteiger partial charge in [0, 0.05) is 16.6 Å². The highest BCUT2D eigenvalue weighted by Crippen LogP contribution is 2.34. The minimum atomic E-state index is -1.59. The average Bonchev–Trinajstić information content (AvgIpc) is 2.29. The van der Waals surface area contributed by atoms with Crippen LogP contribution < -0.4 is 0 Å². The van der Waals surface area contributed by atoms with E-state index in [-0.39, 0.29) is 29.0 Å². The van der Waals surface area contributed by atoms with Gasteiger partial charge in [-0.25, -0.2) is 13.2 Å². The molecular weight excluding hydrogens is 308 g/mol. The molecule has 0 amide bonds. The highest BCUT2D eigenvalue weighted by atomic mass is 79.9. The number of hydrogen-bond acceptors (Lipinski definition) is 1. The first-order chi connectivity index (χ1) is 7.40. The number of benzene rings is 1. The maximum absolute atomic E-state index is 13.4. The van der Waals surface area contributed by atoms with Gasteiger partial charge < -0.3 is 5.11 Å². The largest absolute Gasteiger partial charge is 0.396 e. The van der Waals surface area contributed by atoms with Gasteiger partial charge in [-0.1, -0.05) is 18.5 Å². The number of rotatable bonds is 3. The molecule has 90 valence electrons. The fourth-order valence-corrected chi connectivity index (χ4v) is 1.95. The molecule has 0 aliphatic carbocycles. The molecule has 1 unspecified atom stereocenters. The zero-order valence-electron chi connectivity index (χ0n) is 8.33. The molecule has 0 fully saturated rings. The lowest BCUT2D eigenvalue weighted by atomic mass is 10.0. The fourth-order valence-electron chi connectivity index (χ4n) is 1.24. The summed E-state index contributed by atoms with van der Waals surface area (Å²) in [5, 5.41) is 8.35. The van der Waals surface area contributed by atoms with Crippen molar-refractivity contribution in [1.82, 2.24) is 0 Å². The lowest BCUT2D eigenvalue weighted by molar-refractivity contribution is 0.235. The van der Waals surface area contributed by atoms with Crippen molar-refractivity contribution in [2.75, 3.05) is 6.61 Å². The van der Waals surface area contributed by atoms with Crippen LogP contribution in [0.2, 0.25) is 5.02 Å². The molecule has 1 nitrogen and oxygen atoms in total. The summed E-state index contributed by atoms with van der Waals surface area (Å²) in [6.07, 6.45) is 0.0693. The zero-order valence-corrected chi connectivity index (χ0v) is 10.7. The van der Waals surface area contributed by atoms with Gasteiger partial charge in [0.2, 0.25) is 0 Å². The molecule has 0 saturated heterocycles. The van der Waals surface area contributed by atoms with Crippen molar-refractivity contribution in [3.05, 3.63) is 32.5 Å². The summed E-state index contributed by atoms with van der Waals surface area (Å²) in [6.45, 7) is 1.48. The summed E-state index contributed by atoms with van der Waals surface area (Å²) in [4.78, 5) is 0. The average molecular weight is 318 g/mol. The van der Waals surface area contributed by atoms with E-state index in [4.69, 9.17) is 16.7 Å². The van der Waals surface area contributed by atoms with Gasteiger partial charge in [-0.2, -0.15) is 0 Å². The Balaban J connectivity index is 3.28. The molecule has 0 aliphatic heterocycles. The van der Waals surface area contributed by atoms with E-state index in [1.165, 1.54) is 0 Å². The lowest BCUT2D eigenvalue weighted by Gasteiger charge is -2.13. The second-order valence-corrected chi connectivity index (χ2v) is 4.71. The van der Waals surface area contributed by atoms with Crippen molar-refractivity contribution in [1.29, 1.82) is 0 Å². The Morgan fingerprint density at radius 1 is 1.25 bits per heavy atom. The van der Waals surface area contributed by atoms with E-state index >= 15 is 0 Å². The van der Waals surface area contributed by atoms with E-state index in [1.54, 1.807) is 6.92 Å². The van der Waals surface area contributed by atoms with Crippen molar-refractivity contribution in [2.45, 2.75) is 13.3 Å². The van der Waals surface area contributed by atoms with E-state index < -0.39 is 22.5 Å². The first kappa shape index (κ1) is 13.8. The summed E-state index contributed by atoms with van der Waals surface area (Å²) >= 11 is 8.41. The van der Waals surface area contributed by atoms with Crippen LogP contribution >= 0.6 is 27.5 Å². The van der Waals surface area contributed by atoms with Crippen LogP contribution in [0.25, 0.3) is 0 Å². The number of hydrogen-bond donors (Lipinski definition) is 1. The molecule has 1 rings (SSSR count). The van der Waals surface area contributed by atoms with Gasteiger partial charge in [-0.3, -0.25) is 0 Å². The maximum Gasteiger partial charge on any atom is 0.196 e. The summed E-state index contributed by atoms with van der Waals surface area (Å²) in [5.74, 6) is -4.54. The maximum atomic E-state index is 13.4. The van der Waals surface area contributed by atoms with Crippen LogP contribution in [-0.4, -0.2) is 11.7 Å². The molecule has 0 radical (unpaired) electrons. The minimum Gasteiger partial charge on any atom is -0.396 e. The Bertz CT molecular complexity index is 383. The van der Waals surface area contributed by atoms with Crippen LogP contribution in [0, 0.1) is 23.4 Å². The van der Waals surface area contributed by atoms with Gasteiger partial charge in [0.15, 0.2) is 17.5 Å². The van der Waals surface area contributed by atoms with Gasteiger partial charge in [0.1, 0.15) is 0 Å². The number of halogens is 5. The molecule has 0 saturated carbocycles. The van der Waals surface area contributed by atoms with Crippen LogP contribution in [0.5, 0.6) is 0 Å². The molecule has 0 aliphatic rings. The first-order valence-electron chi connectivity index (χ1n) is 4.51. The molecule has 1 atom stereocenters. The first-order valence-corrected chi connectivity index (χ1v) is 5.68. The molecular formula is C10H9BrClF3O. The van der Waals surface area contributed by atoms with Gasteiger partial charge in [0.05, 0.1) is 5.02 Å². The number of aliphatic hydroxyl groups is 1. The van der Waals surface area contributed by atoms with Gasteiger partial charge in [0.25, 0.3) is 0 Å². The summed E-state index contributed by atoms with van der Waals surface area (Å²) in [6, 6.07) is 0. The van der Waals surface area contributed by atoms with Crippen LogP contribution in [0.3, 0.4) is 0 Å². The van der Waals surface area contributed by atoms with Gasteiger partial charge in [-0.15, -0.1) is 0 Å². The predicted molar refractivity (Wildman–Crippen MR) is 59.0 cm³/mol. The second-order valence-electron chi connectivity index (χ2n) is 3.54. The van der Waals surface area contributed by atoms with Crippen molar-refractivity contribution < 1.29 is 18.3 Å². The molecule has 1 aromatic carbocycles. The van der Waals surface area contributed by atoms with E-state index in [2.05, 4.69) is 15.9 Å². The molecule has 0 aromatic heterocycles. The van der Waals surface area contributed by atoms with E-state index in [9.17, 15) is 13.2 Å². The molecule has 0 spiro atoms. The Hall–Kier alpha value is -0.260. The fraction of sp³-hybridized carbons (Fsp3) is 0.400.